The third kappa shape index (κ3) is 3.80. The maximum Gasteiger partial charge on any atom is 0.185 e. The molecular formula is C21H18Cl2O. The molecule has 0 unspecified atom stereocenters. The van der Waals surface area contributed by atoms with Crippen molar-refractivity contribution >= 4 is 41.1 Å². The van der Waals surface area contributed by atoms with E-state index < -0.39 is 0 Å². The minimum Gasteiger partial charge on any atom is -0.289 e. The lowest BCUT2D eigenvalue weighted by atomic mass is 9.81. The zero-order valence-electron chi connectivity index (χ0n) is 13.4. The average molecular weight is 357 g/mol. The van der Waals surface area contributed by atoms with E-state index in [1.165, 1.54) is 0 Å². The van der Waals surface area contributed by atoms with Crippen molar-refractivity contribution in [3.05, 3.63) is 80.8 Å². The van der Waals surface area contributed by atoms with Gasteiger partial charge in [0.25, 0.3) is 0 Å². The number of carbonyl (C=O) groups excluding carboxylic acids is 1. The maximum atomic E-state index is 12.9. The molecule has 0 atom stereocenters. The van der Waals surface area contributed by atoms with Crippen molar-refractivity contribution in [2.75, 3.05) is 0 Å². The van der Waals surface area contributed by atoms with Gasteiger partial charge in [0.15, 0.2) is 5.78 Å². The molecule has 1 aliphatic carbocycles. The fourth-order valence-electron chi connectivity index (χ4n) is 3.02. The van der Waals surface area contributed by atoms with Gasteiger partial charge in [-0.2, -0.15) is 0 Å². The molecule has 1 aliphatic rings. The molecule has 122 valence electrons. The Balaban J connectivity index is 1.98. The lowest BCUT2D eigenvalue weighted by molar-refractivity contribution is -0.113. The standard InChI is InChI=1S/C21H18Cl2O/c1-14-10-17(12-15-6-2-4-8-19(15)22)21(24)18(11-14)13-16-7-3-5-9-20(16)23/h2-9,12-14H,10-11H2,1H3/b17-12+,18-13+. The zero-order valence-corrected chi connectivity index (χ0v) is 14.9. The van der Waals surface area contributed by atoms with Crippen LogP contribution < -0.4 is 0 Å². The van der Waals surface area contributed by atoms with Gasteiger partial charge in [-0.15, -0.1) is 0 Å². The Morgan fingerprint density at radius 3 is 1.67 bits per heavy atom. The summed E-state index contributed by atoms with van der Waals surface area (Å²) in [6, 6.07) is 15.2. The van der Waals surface area contributed by atoms with E-state index in [4.69, 9.17) is 23.2 Å². The highest BCUT2D eigenvalue weighted by Gasteiger charge is 2.25. The molecule has 0 heterocycles. The third-order valence-electron chi connectivity index (χ3n) is 4.19. The van der Waals surface area contributed by atoms with Crippen LogP contribution in [-0.4, -0.2) is 5.78 Å². The molecule has 0 saturated heterocycles. The summed E-state index contributed by atoms with van der Waals surface area (Å²) < 4.78 is 0. The highest BCUT2D eigenvalue weighted by atomic mass is 35.5. The van der Waals surface area contributed by atoms with Crippen molar-refractivity contribution in [2.24, 2.45) is 5.92 Å². The first-order valence-corrected chi connectivity index (χ1v) is 8.75. The molecule has 1 saturated carbocycles. The van der Waals surface area contributed by atoms with Gasteiger partial charge in [0, 0.05) is 21.2 Å². The second kappa shape index (κ2) is 7.38. The fourth-order valence-corrected chi connectivity index (χ4v) is 3.40. The SMILES string of the molecule is CC1C/C(=C\c2ccccc2Cl)C(=O)/C(=C/c2ccccc2Cl)C1. The van der Waals surface area contributed by atoms with Gasteiger partial charge in [0.1, 0.15) is 0 Å². The van der Waals surface area contributed by atoms with E-state index in [9.17, 15) is 4.79 Å². The first kappa shape index (κ1) is 17.0. The van der Waals surface area contributed by atoms with Gasteiger partial charge in [0.05, 0.1) is 0 Å². The maximum absolute atomic E-state index is 12.9. The molecule has 2 aromatic carbocycles. The topological polar surface area (TPSA) is 17.1 Å². The lowest BCUT2D eigenvalue weighted by Gasteiger charge is -2.23. The largest absolute Gasteiger partial charge is 0.289 e. The van der Waals surface area contributed by atoms with Gasteiger partial charge in [-0.1, -0.05) is 66.5 Å². The van der Waals surface area contributed by atoms with E-state index in [-0.39, 0.29) is 5.78 Å². The van der Waals surface area contributed by atoms with Gasteiger partial charge in [-0.3, -0.25) is 4.79 Å². The predicted octanol–water partition coefficient (Wildman–Crippen LogP) is 6.46. The van der Waals surface area contributed by atoms with E-state index >= 15 is 0 Å². The first-order valence-electron chi connectivity index (χ1n) is 7.99. The monoisotopic (exact) mass is 356 g/mol. The van der Waals surface area contributed by atoms with Crippen molar-refractivity contribution in [1.29, 1.82) is 0 Å². The van der Waals surface area contributed by atoms with Crippen LogP contribution in [0, 0.1) is 5.92 Å². The number of allylic oxidation sites excluding steroid dienone is 2. The number of hydrogen-bond acceptors (Lipinski definition) is 1. The van der Waals surface area contributed by atoms with Gasteiger partial charge in [-0.05, 0) is 54.2 Å². The van der Waals surface area contributed by atoms with Crippen molar-refractivity contribution < 1.29 is 4.79 Å². The number of halogens is 2. The number of rotatable bonds is 2. The second-order valence-corrected chi connectivity index (χ2v) is 7.04. The Labute approximate surface area is 152 Å². The Hall–Kier alpha value is -1.83. The number of carbonyl (C=O) groups is 1. The predicted molar refractivity (Wildman–Crippen MR) is 102 cm³/mol. The molecule has 0 aliphatic heterocycles. The highest BCUT2D eigenvalue weighted by Crippen LogP contribution is 2.33. The van der Waals surface area contributed by atoms with Crippen LogP contribution in [0.5, 0.6) is 0 Å². The van der Waals surface area contributed by atoms with Crippen molar-refractivity contribution in [3.63, 3.8) is 0 Å². The number of benzene rings is 2. The van der Waals surface area contributed by atoms with Crippen LogP contribution in [0.4, 0.5) is 0 Å². The molecule has 3 rings (SSSR count). The van der Waals surface area contributed by atoms with E-state index in [0.717, 1.165) is 35.1 Å². The average Bonchev–Trinajstić information content (AvgIpc) is 2.56. The van der Waals surface area contributed by atoms with Crippen LogP contribution in [0.3, 0.4) is 0 Å². The third-order valence-corrected chi connectivity index (χ3v) is 4.88. The molecule has 2 aromatic rings. The van der Waals surface area contributed by atoms with E-state index in [0.29, 0.717) is 16.0 Å². The smallest absolute Gasteiger partial charge is 0.185 e. The number of ketones is 1. The minimum absolute atomic E-state index is 0.0907. The van der Waals surface area contributed by atoms with Gasteiger partial charge in [-0.25, -0.2) is 0 Å². The van der Waals surface area contributed by atoms with E-state index in [1.807, 2.05) is 60.7 Å². The molecule has 3 heteroatoms. The lowest BCUT2D eigenvalue weighted by Crippen LogP contribution is -2.18. The van der Waals surface area contributed by atoms with Crippen LogP contribution in [0.2, 0.25) is 10.0 Å². The summed E-state index contributed by atoms with van der Waals surface area (Å²) in [4.78, 5) is 12.9. The van der Waals surface area contributed by atoms with Crippen LogP contribution >= 0.6 is 23.2 Å². The van der Waals surface area contributed by atoms with Crippen LogP contribution in [0.15, 0.2) is 59.7 Å². The quantitative estimate of drug-likeness (QED) is 0.564. The normalized spacial score (nSPS) is 21.5. The summed E-state index contributed by atoms with van der Waals surface area (Å²) in [5.41, 5.74) is 3.38. The Kier molecular flexibility index (Phi) is 5.23. The molecule has 1 fully saturated rings. The number of Topliss-reactive ketones (excluding diaryl/α,β-unsaturated/α-hetero) is 1. The van der Waals surface area contributed by atoms with Crippen LogP contribution in [-0.2, 0) is 4.79 Å². The fraction of sp³-hybridized carbons (Fsp3) is 0.190. The van der Waals surface area contributed by atoms with Gasteiger partial charge in [0.2, 0.25) is 0 Å². The van der Waals surface area contributed by atoms with Gasteiger partial charge >= 0.3 is 0 Å². The van der Waals surface area contributed by atoms with Crippen molar-refractivity contribution in [1.82, 2.24) is 0 Å². The van der Waals surface area contributed by atoms with Gasteiger partial charge < -0.3 is 0 Å². The molecule has 0 aromatic heterocycles. The van der Waals surface area contributed by atoms with Crippen molar-refractivity contribution in [3.8, 4) is 0 Å². The summed E-state index contributed by atoms with van der Waals surface area (Å²) in [5, 5.41) is 1.32. The summed E-state index contributed by atoms with van der Waals surface area (Å²) in [6.07, 6.45) is 5.37. The minimum atomic E-state index is 0.0907. The summed E-state index contributed by atoms with van der Waals surface area (Å²) in [6.45, 7) is 2.16. The molecule has 1 nitrogen and oxygen atoms in total. The second-order valence-electron chi connectivity index (χ2n) is 6.22. The van der Waals surface area contributed by atoms with Crippen LogP contribution in [0.25, 0.3) is 12.2 Å². The molecule has 0 N–H and O–H groups in total. The Morgan fingerprint density at radius 2 is 1.25 bits per heavy atom. The molecule has 24 heavy (non-hydrogen) atoms. The van der Waals surface area contributed by atoms with E-state index in [1.54, 1.807) is 0 Å². The molecule has 0 radical (unpaired) electrons. The van der Waals surface area contributed by atoms with Crippen LogP contribution in [0.1, 0.15) is 30.9 Å². The molecule has 0 bridgehead atoms. The summed E-state index contributed by atoms with van der Waals surface area (Å²) in [5.74, 6) is 0.498. The molecule has 0 spiro atoms. The summed E-state index contributed by atoms with van der Waals surface area (Å²) >= 11 is 12.5. The Bertz CT molecular complexity index is 766. The zero-order chi connectivity index (χ0) is 17.1. The first-order chi connectivity index (χ1) is 11.5. The number of hydrogen-bond donors (Lipinski definition) is 0. The molecular weight excluding hydrogens is 339 g/mol. The summed E-state index contributed by atoms with van der Waals surface area (Å²) in [7, 11) is 0. The Morgan fingerprint density at radius 1 is 0.833 bits per heavy atom. The molecule has 0 amide bonds. The van der Waals surface area contributed by atoms with E-state index in [2.05, 4.69) is 6.92 Å². The highest BCUT2D eigenvalue weighted by molar-refractivity contribution is 6.32. The van der Waals surface area contributed by atoms with Crippen molar-refractivity contribution in [2.45, 2.75) is 19.8 Å².